The van der Waals surface area contributed by atoms with Gasteiger partial charge in [-0.05, 0) is 23.8 Å². The van der Waals surface area contributed by atoms with Gasteiger partial charge in [0.15, 0.2) is 0 Å². The number of nitrogens with one attached hydrogen (secondary N) is 2. The molecule has 25 heavy (non-hydrogen) atoms. The average molecular weight is 355 g/mol. The average Bonchev–Trinajstić information content (AvgIpc) is 3.10. The highest BCUT2D eigenvalue weighted by Crippen LogP contribution is 2.21. The van der Waals surface area contributed by atoms with Crippen LogP contribution in [0.5, 0.6) is 0 Å². The Labute approximate surface area is 149 Å². The van der Waals surface area contributed by atoms with Crippen molar-refractivity contribution < 1.29 is 9.59 Å². The summed E-state index contributed by atoms with van der Waals surface area (Å²) in [6.07, 6.45) is 0. The second-order valence-corrected chi connectivity index (χ2v) is 5.83. The number of nitrogens with zero attached hydrogens (tertiary/aromatic N) is 1. The number of nitrogens with two attached hydrogens (primary N) is 1. The first-order chi connectivity index (χ1) is 12.0. The van der Waals surface area contributed by atoms with Crippen LogP contribution < -0.4 is 11.1 Å². The fourth-order valence-corrected chi connectivity index (χ4v) is 2.60. The summed E-state index contributed by atoms with van der Waals surface area (Å²) in [6.45, 7) is 0. The quantitative estimate of drug-likeness (QED) is 0.656. The molecular formula is C18H15ClN4O2. The number of hydrogen-bond acceptors (Lipinski definition) is 3. The van der Waals surface area contributed by atoms with Gasteiger partial charge in [0.2, 0.25) is 5.91 Å². The highest BCUT2D eigenvalue weighted by atomic mass is 35.5. The molecule has 0 saturated carbocycles. The number of rotatable bonds is 5. The monoisotopic (exact) mass is 354 g/mol. The molecule has 3 rings (SSSR count). The zero-order valence-electron chi connectivity index (χ0n) is 13.1. The molecule has 0 aliphatic rings. The lowest BCUT2D eigenvalue weighted by Crippen LogP contribution is -2.37. The van der Waals surface area contributed by atoms with E-state index >= 15 is 0 Å². The van der Waals surface area contributed by atoms with Gasteiger partial charge in [-0.1, -0.05) is 54.1 Å². The zero-order chi connectivity index (χ0) is 17.8. The minimum Gasteiger partial charge on any atom is -0.368 e. The van der Waals surface area contributed by atoms with Crippen molar-refractivity contribution in [2.24, 2.45) is 5.73 Å². The van der Waals surface area contributed by atoms with Crippen LogP contribution in [0.4, 0.5) is 0 Å². The van der Waals surface area contributed by atoms with E-state index in [4.69, 9.17) is 17.3 Å². The van der Waals surface area contributed by atoms with Crippen LogP contribution in [0.1, 0.15) is 22.1 Å². The largest absolute Gasteiger partial charge is 0.368 e. The summed E-state index contributed by atoms with van der Waals surface area (Å²) < 4.78 is 0. The molecule has 6 nitrogen and oxygen atoms in total. The molecule has 2 aromatic carbocycles. The minimum atomic E-state index is -0.924. The Morgan fingerprint density at radius 1 is 1.08 bits per heavy atom. The lowest BCUT2D eigenvalue weighted by Gasteiger charge is -2.15. The lowest BCUT2D eigenvalue weighted by atomic mass is 10.1. The van der Waals surface area contributed by atoms with Crippen LogP contribution in [0.2, 0.25) is 5.02 Å². The third kappa shape index (κ3) is 3.87. The molecule has 1 unspecified atom stereocenters. The standard InChI is InChI=1S/C18H15ClN4O2/c19-13-8-4-7-12(9-13)14-10-15(23-22-14)18(25)21-16(17(20)24)11-5-2-1-3-6-11/h1-10,16H,(H2,20,24)(H,21,25)(H,22,23). The number of hydrogen-bond donors (Lipinski definition) is 3. The maximum absolute atomic E-state index is 12.4. The van der Waals surface area contributed by atoms with Crippen molar-refractivity contribution in [2.75, 3.05) is 0 Å². The number of H-pyrrole nitrogens is 1. The Morgan fingerprint density at radius 2 is 1.84 bits per heavy atom. The molecule has 3 aromatic rings. The number of carbonyl (C=O) groups is 2. The number of primary amides is 1. The van der Waals surface area contributed by atoms with E-state index in [1.807, 2.05) is 12.1 Å². The van der Waals surface area contributed by atoms with Gasteiger partial charge in [0.05, 0.1) is 5.69 Å². The molecule has 0 fully saturated rings. The molecule has 0 radical (unpaired) electrons. The predicted octanol–water partition coefficient (Wildman–Crippen LogP) is 2.69. The van der Waals surface area contributed by atoms with Crippen molar-refractivity contribution in [1.29, 1.82) is 0 Å². The molecular weight excluding hydrogens is 340 g/mol. The second kappa shape index (κ2) is 7.19. The van der Waals surface area contributed by atoms with Crippen LogP contribution >= 0.6 is 11.6 Å². The molecule has 0 bridgehead atoms. The smallest absolute Gasteiger partial charge is 0.270 e. The molecule has 0 saturated heterocycles. The Kier molecular flexibility index (Phi) is 4.81. The second-order valence-electron chi connectivity index (χ2n) is 5.40. The predicted molar refractivity (Wildman–Crippen MR) is 94.9 cm³/mol. The summed E-state index contributed by atoms with van der Waals surface area (Å²) in [5, 5.41) is 9.96. The van der Waals surface area contributed by atoms with E-state index in [0.717, 1.165) is 5.56 Å². The maximum Gasteiger partial charge on any atom is 0.270 e. The first kappa shape index (κ1) is 16.7. The van der Waals surface area contributed by atoms with Crippen molar-refractivity contribution in [2.45, 2.75) is 6.04 Å². The Bertz CT molecular complexity index is 908. The van der Waals surface area contributed by atoms with Gasteiger partial charge in [0, 0.05) is 10.6 Å². The summed E-state index contributed by atoms with van der Waals surface area (Å²) in [5.74, 6) is -1.12. The van der Waals surface area contributed by atoms with Crippen LogP contribution in [0.3, 0.4) is 0 Å². The van der Waals surface area contributed by atoms with Gasteiger partial charge in [-0.15, -0.1) is 0 Å². The molecule has 0 aliphatic carbocycles. The highest BCUT2D eigenvalue weighted by Gasteiger charge is 2.22. The Hall–Kier alpha value is -3.12. The molecule has 1 heterocycles. The van der Waals surface area contributed by atoms with E-state index < -0.39 is 17.9 Å². The fraction of sp³-hybridized carbons (Fsp3) is 0.0556. The third-order valence-corrected chi connectivity index (χ3v) is 3.87. The molecule has 126 valence electrons. The molecule has 0 spiro atoms. The summed E-state index contributed by atoms with van der Waals surface area (Å²) in [6, 6.07) is 16.6. The number of carbonyl (C=O) groups excluding carboxylic acids is 2. The molecule has 2 amide bonds. The van der Waals surface area contributed by atoms with Gasteiger partial charge in [-0.2, -0.15) is 5.10 Å². The summed E-state index contributed by atoms with van der Waals surface area (Å²) in [4.78, 5) is 24.1. The summed E-state index contributed by atoms with van der Waals surface area (Å²) >= 11 is 5.97. The topological polar surface area (TPSA) is 101 Å². The Balaban J connectivity index is 1.80. The van der Waals surface area contributed by atoms with Gasteiger partial charge >= 0.3 is 0 Å². The molecule has 1 aromatic heterocycles. The molecule has 1 atom stereocenters. The van der Waals surface area contributed by atoms with Gasteiger partial charge in [0.25, 0.3) is 5.91 Å². The fourth-order valence-electron chi connectivity index (χ4n) is 2.41. The third-order valence-electron chi connectivity index (χ3n) is 3.64. The number of benzene rings is 2. The molecule has 0 aliphatic heterocycles. The zero-order valence-corrected chi connectivity index (χ0v) is 13.8. The molecule has 4 N–H and O–H groups in total. The molecule has 7 heteroatoms. The van der Waals surface area contributed by atoms with Gasteiger partial charge in [-0.3, -0.25) is 14.7 Å². The number of aromatic nitrogens is 2. The number of aromatic amines is 1. The van der Waals surface area contributed by atoms with E-state index in [-0.39, 0.29) is 5.69 Å². The van der Waals surface area contributed by atoms with Gasteiger partial charge in [0.1, 0.15) is 11.7 Å². The number of halogens is 1. The van der Waals surface area contributed by atoms with Crippen molar-refractivity contribution in [3.05, 3.63) is 76.9 Å². The SMILES string of the molecule is NC(=O)C(NC(=O)c1cc(-c2cccc(Cl)c2)n[nH]1)c1ccccc1. The van der Waals surface area contributed by atoms with E-state index in [9.17, 15) is 9.59 Å². The van der Waals surface area contributed by atoms with Crippen molar-refractivity contribution in [3.63, 3.8) is 0 Å². The normalized spacial score (nSPS) is 11.7. The van der Waals surface area contributed by atoms with Crippen LogP contribution in [0, 0.1) is 0 Å². The Morgan fingerprint density at radius 3 is 2.52 bits per heavy atom. The lowest BCUT2D eigenvalue weighted by molar-refractivity contribution is -0.120. The number of amides is 2. The van der Waals surface area contributed by atoms with Gasteiger partial charge < -0.3 is 11.1 Å². The first-order valence-electron chi connectivity index (χ1n) is 7.51. The highest BCUT2D eigenvalue weighted by molar-refractivity contribution is 6.30. The van der Waals surface area contributed by atoms with Crippen molar-refractivity contribution >= 4 is 23.4 Å². The van der Waals surface area contributed by atoms with E-state index in [1.165, 1.54) is 0 Å². The van der Waals surface area contributed by atoms with Crippen LogP contribution in [0.15, 0.2) is 60.7 Å². The van der Waals surface area contributed by atoms with E-state index in [2.05, 4.69) is 15.5 Å². The van der Waals surface area contributed by atoms with Crippen molar-refractivity contribution in [1.82, 2.24) is 15.5 Å². The van der Waals surface area contributed by atoms with E-state index in [0.29, 0.717) is 16.3 Å². The van der Waals surface area contributed by atoms with Crippen LogP contribution in [0.25, 0.3) is 11.3 Å². The minimum absolute atomic E-state index is 0.220. The van der Waals surface area contributed by atoms with E-state index in [1.54, 1.807) is 48.5 Å². The summed E-state index contributed by atoms with van der Waals surface area (Å²) in [5.41, 5.74) is 7.59. The summed E-state index contributed by atoms with van der Waals surface area (Å²) in [7, 11) is 0. The maximum atomic E-state index is 12.4. The van der Waals surface area contributed by atoms with Crippen molar-refractivity contribution in [3.8, 4) is 11.3 Å². The van der Waals surface area contributed by atoms with Crippen LogP contribution in [-0.4, -0.2) is 22.0 Å². The first-order valence-corrected chi connectivity index (χ1v) is 7.89. The van der Waals surface area contributed by atoms with Crippen LogP contribution in [-0.2, 0) is 4.79 Å². The van der Waals surface area contributed by atoms with Gasteiger partial charge in [-0.25, -0.2) is 0 Å².